The largest absolute Gasteiger partial charge is 0.342 e. The summed E-state index contributed by atoms with van der Waals surface area (Å²) in [5.41, 5.74) is 2.93. The first-order valence-electron chi connectivity index (χ1n) is 7.91. The van der Waals surface area contributed by atoms with Gasteiger partial charge in [0, 0.05) is 25.6 Å². The second-order valence-electron chi connectivity index (χ2n) is 6.03. The Morgan fingerprint density at radius 2 is 1.90 bits per heavy atom. The van der Waals surface area contributed by atoms with E-state index in [2.05, 4.69) is 29.6 Å². The van der Waals surface area contributed by atoms with Gasteiger partial charge in [-0.05, 0) is 30.4 Å². The van der Waals surface area contributed by atoms with Gasteiger partial charge < -0.3 is 10.2 Å². The summed E-state index contributed by atoms with van der Waals surface area (Å²) < 4.78 is 0. The lowest BCUT2D eigenvalue weighted by atomic mass is 9.77. The standard InChI is InChI=1S/C17H24N2O/c20-17(19-9-5-1-2-6-10-19)13-18-12-15-11-14-7-3-4-8-16(14)15/h3-4,7-8,15,18H,1-2,5-6,9-13H2. The van der Waals surface area contributed by atoms with Crippen LogP contribution in [-0.4, -0.2) is 37.0 Å². The molecule has 1 amide bonds. The number of carbonyl (C=O) groups is 1. The van der Waals surface area contributed by atoms with E-state index in [1.807, 2.05) is 4.90 Å². The molecule has 1 heterocycles. The Labute approximate surface area is 121 Å². The third-order valence-electron chi connectivity index (χ3n) is 4.59. The van der Waals surface area contributed by atoms with Crippen LogP contribution in [0.3, 0.4) is 0 Å². The molecular weight excluding hydrogens is 248 g/mol. The highest BCUT2D eigenvalue weighted by molar-refractivity contribution is 5.78. The molecule has 0 bridgehead atoms. The Balaban J connectivity index is 1.41. The predicted molar refractivity (Wildman–Crippen MR) is 80.8 cm³/mol. The molecule has 3 rings (SSSR count). The Kier molecular flexibility index (Phi) is 4.36. The van der Waals surface area contributed by atoms with Crippen LogP contribution < -0.4 is 5.32 Å². The van der Waals surface area contributed by atoms with Gasteiger partial charge in [0.05, 0.1) is 6.54 Å². The van der Waals surface area contributed by atoms with Crippen molar-refractivity contribution in [3.63, 3.8) is 0 Å². The molecule has 1 aromatic carbocycles. The Morgan fingerprint density at radius 1 is 1.15 bits per heavy atom. The second-order valence-corrected chi connectivity index (χ2v) is 6.03. The third-order valence-corrected chi connectivity index (χ3v) is 4.59. The van der Waals surface area contributed by atoms with Gasteiger partial charge >= 0.3 is 0 Å². The van der Waals surface area contributed by atoms with Crippen molar-refractivity contribution in [1.82, 2.24) is 10.2 Å². The highest BCUT2D eigenvalue weighted by Gasteiger charge is 2.25. The normalized spacial score (nSPS) is 21.8. The maximum Gasteiger partial charge on any atom is 0.236 e. The fourth-order valence-corrected chi connectivity index (χ4v) is 3.33. The first kappa shape index (κ1) is 13.6. The molecule has 1 saturated heterocycles. The molecule has 0 saturated carbocycles. The number of hydrogen-bond donors (Lipinski definition) is 1. The van der Waals surface area contributed by atoms with Crippen molar-refractivity contribution in [1.29, 1.82) is 0 Å². The Hall–Kier alpha value is -1.35. The molecule has 108 valence electrons. The van der Waals surface area contributed by atoms with E-state index < -0.39 is 0 Å². The summed E-state index contributed by atoms with van der Waals surface area (Å²) in [6, 6.07) is 8.62. The van der Waals surface area contributed by atoms with Gasteiger partial charge in [-0.3, -0.25) is 4.79 Å². The molecule has 1 unspecified atom stereocenters. The van der Waals surface area contributed by atoms with Crippen molar-refractivity contribution >= 4 is 5.91 Å². The van der Waals surface area contributed by atoms with Gasteiger partial charge in [0.25, 0.3) is 0 Å². The number of amides is 1. The van der Waals surface area contributed by atoms with E-state index in [0.717, 1.165) is 26.1 Å². The lowest BCUT2D eigenvalue weighted by Crippen LogP contribution is -2.40. The average Bonchev–Trinajstić information content (AvgIpc) is 2.72. The maximum atomic E-state index is 12.1. The Morgan fingerprint density at radius 3 is 2.65 bits per heavy atom. The molecule has 1 atom stereocenters. The fraction of sp³-hybridized carbons (Fsp3) is 0.588. The molecule has 0 spiro atoms. The lowest BCUT2D eigenvalue weighted by Gasteiger charge is -2.30. The zero-order valence-corrected chi connectivity index (χ0v) is 12.1. The minimum Gasteiger partial charge on any atom is -0.342 e. The van der Waals surface area contributed by atoms with Crippen LogP contribution in [0.15, 0.2) is 24.3 Å². The SMILES string of the molecule is O=C(CNCC1Cc2ccccc21)N1CCCCCC1. The van der Waals surface area contributed by atoms with E-state index in [4.69, 9.17) is 0 Å². The van der Waals surface area contributed by atoms with Crippen molar-refractivity contribution in [2.24, 2.45) is 0 Å². The van der Waals surface area contributed by atoms with Crippen molar-refractivity contribution in [2.45, 2.75) is 38.0 Å². The number of carbonyl (C=O) groups excluding carboxylic acids is 1. The molecule has 1 fully saturated rings. The van der Waals surface area contributed by atoms with Crippen LogP contribution in [0, 0.1) is 0 Å². The van der Waals surface area contributed by atoms with E-state index >= 15 is 0 Å². The monoisotopic (exact) mass is 272 g/mol. The highest BCUT2D eigenvalue weighted by Crippen LogP contribution is 2.33. The van der Waals surface area contributed by atoms with Crippen LogP contribution >= 0.6 is 0 Å². The van der Waals surface area contributed by atoms with Gasteiger partial charge in [-0.2, -0.15) is 0 Å². The molecule has 2 aliphatic rings. The van der Waals surface area contributed by atoms with Crippen LogP contribution in [0.1, 0.15) is 42.7 Å². The average molecular weight is 272 g/mol. The Bertz CT molecular complexity index is 464. The highest BCUT2D eigenvalue weighted by atomic mass is 16.2. The van der Waals surface area contributed by atoms with Gasteiger partial charge in [0.15, 0.2) is 0 Å². The van der Waals surface area contributed by atoms with Gasteiger partial charge in [-0.1, -0.05) is 37.1 Å². The molecule has 1 aromatic rings. The molecule has 1 aliphatic heterocycles. The molecule has 1 aliphatic carbocycles. The summed E-state index contributed by atoms with van der Waals surface area (Å²) in [5.74, 6) is 0.877. The minimum absolute atomic E-state index is 0.277. The summed E-state index contributed by atoms with van der Waals surface area (Å²) in [4.78, 5) is 14.2. The van der Waals surface area contributed by atoms with Gasteiger partial charge in [0.1, 0.15) is 0 Å². The summed E-state index contributed by atoms with van der Waals surface area (Å²) in [6.45, 7) is 3.33. The smallest absolute Gasteiger partial charge is 0.236 e. The maximum absolute atomic E-state index is 12.1. The molecule has 0 aromatic heterocycles. The van der Waals surface area contributed by atoms with E-state index in [1.54, 1.807) is 0 Å². The van der Waals surface area contributed by atoms with Crippen LogP contribution in [0.2, 0.25) is 0 Å². The van der Waals surface area contributed by atoms with Crippen LogP contribution in [-0.2, 0) is 11.2 Å². The molecular formula is C17H24N2O. The van der Waals surface area contributed by atoms with E-state index in [9.17, 15) is 4.79 Å². The molecule has 20 heavy (non-hydrogen) atoms. The quantitative estimate of drug-likeness (QED) is 0.912. The topological polar surface area (TPSA) is 32.3 Å². The first-order valence-corrected chi connectivity index (χ1v) is 7.91. The zero-order chi connectivity index (χ0) is 13.8. The number of nitrogens with one attached hydrogen (secondary N) is 1. The molecule has 3 heteroatoms. The summed E-state index contributed by atoms with van der Waals surface area (Å²) in [6.07, 6.45) is 6.04. The van der Waals surface area contributed by atoms with Crippen LogP contribution in [0.4, 0.5) is 0 Å². The van der Waals surface area contributed by atoms with E-state index in [1.165, 1.54) is 36.8 Å². The lowest BCUT2D eigenvalue weighted by molar-refractivity contribution is -0.130. The summed E-state index contributed by atoms with van der Waals surface area (Å²) in [5, 5.41) is 3.35. The van der Waals surface area contributed by atoms with Gasteiger partial charge in [0.2, 0.25) is 5.91 Å². The predicted octanol–water partition coefficient (Wildman–Crippen LogP) is 2.32. The van der Waals surface area contributed by atoms with E-state index in [-0.39, 0.29) is 5.91 Å². The van der Waals surface area contributed by atoms with Crippen molar-refractivity contribution < 1.29 is 4.79 Å². The fourth-order valence-electron chi connectivity index (χ4n) is 3.33. The molecule has 1 N–H and O–H groups in total. The van der Waals surface area contributed by atoms with Crippen LogP contribution in [0.5, 0.6) is 0 Å². The van der Waals surface area contributed by atoms with E-state index in [0.29, 0.717) is 12.5 Å². The molecule has 3 nitrogen and oxygen atoms in total. The number of likely N-dealkylation sites (tertiary alicyclic amines) is 1. The second kappa shape index (κ2) is 6.40. The number of rotatable bonds is 4. The summed E-state index contributed by atoms with van der Waals surface area (Å²) >= 11 is 0. The van der Waals surface area contributed by atoms with Crippen molar-refractivity contribution in [3.8, 4) is 0 Å². The van der Waals surface area contributed by atoms with Crippen molar-refractivity contribution in [2.75, 3.05) is 26.2 Å². The summed E-state index contributed by atoms with van der Waals surface area (Å²) in [7, 11) is 0. The number of nitrogens with zero attached hydrogens (tertiary/aromatic N) is 1. The van der Waals surface area contributed by atoms with Gasteiger partial charge in [-0.15, -0.1) is 0 Å². The first-order chi connectivity index (χ1) is 9.84. The van der Waals surface area contributed by atoms with Crippen LogP contribution in [0.25, 0.3) is 0 Å². The number of benzene rings is 1. The molecule has 0 radical (unpaired) electrons. The van der Waals surface area contributed by atoms with Crippen molar-refractivity contribution in [3.05, 3.63) is 35.4 Å². The zero-order valence-electron chi connectivity index (χ0n) is 12.1. The van der Waals surface area contributed by atoms with Gasteiger partial charge in [-0.25, -0.2) is 0 Å². The number of hydrogen-bond acceptors (Lipinski definition) is 2. The third kappa shape index (κ3) is 3.04. The minimum atomic E-state index is 0.277. The number of fused-ring (bicyclic) bond motifs is 1.